The maximum Gasteiger partial charge on any atom is 0.229 e. The molecule has 134 valence electrons. The molecule has 4 heterocycles. The highest BCUT2D eigenvalue weighted by atomic mass is 32.1. The summed E-state index contributed by atoms with van der Waals surface area (Å²) < 4.78 is 19.1. The fourth-order valence-corrected chi connectivity index (χ4v) is 4.05. The Morgan fingerprint density at radius 2 is 2.24 bits per heavy atom. The molecule has 4 rings (SSSR count). The van der Waals surface area contributed by atoms with Crippen molar-refractivity contribution in [3.05, 3.63) is 17.4 Å². The standard InChI is InChI=1S/C15H20N6O3S/c1-9-13-14(20(2)18-9)17-15(25-13)21-4-5-23-10(7-21)6-12-16-11(8-22-3)19-24-12/h10H,4-8H2,1-3H3. The molecule has 1 aliphatic rings. The number of hydrogen-bond acceptors (Lipinski definition) is 9. The molecule has 0 amide bonds. The fraction of sp³-hybridized carbons (Fsp3) is 0.600. The van der Waals surface area contributed by atoms with Crippen molar-refractivity contribution in [3.8, 4) is 0 Å². The number of hydrogen-bond donors (Lipinski definition) is 0. The summed E-state index contributed by atoms with van der Waals surface area (Å²) in [6.07, 6.45) is 0.578. The summed E-state index contributed by atoms with van der Waals surface area (Å²) in [5, 5.41) is 9.30. The number of rotatable bonds is 5. The molecule has 1 fully saturated rings. The van der Waals surface area contributed by atoms with Crippen LogP contribution in [0.2, 0.25) is 0 Å². The summed E-state index contributed by atoms with van der Waals surface area (Å²) in [4.78, 5) is 11.3. The Morgan fingerprint density at radius 1 is 1.36 bits per heavy atom. The lowest BCUT2D eigenvalue weighted by Crippen LogP contribution is -2.43. The van der Waals surface area contributed by atoms with Crippen molar-refractivity contribution >= 4 is 26.8 Å². The zero-order chi connectivity index (χ0) is 17.4. The first-order valence-corrected chi connectivity index (χ1v) is 8.92. The van der Waals surface area contributed by atoms with E-state index in [0.29, 0.717) is 31.3 Å². The van der Waals surface area contributed by atoms with Gasteiger partial charge in [0.25, 0.3) is 0 Å². The van der Waals surface area contributed by atoms with E-state index in [-0.39, 0.29) is 6.10 Å². The van der Waals surface area contributed by atoms with Gasteiger partial charge in [-0.25, -0.2) is 9.67 Å². The lowest BCUT2D eigenvalue weighted by molar-refractivity contribution is 0.0362. The largest absolute Gasteiger partial charge is 0.377 e. The van der Waals surface area contributed by atoms with E-state index in [1.54, 1.807) is 18.4 Å². The molecule has 10 heteroatoms. The van der Waals surface area contributed by atoms with Gasteiger partial charge in [0.1, 0.15) is 6.61 Å². The van der Waals surface area contributed by atoms with Crippen LogP contribution in [0.1, 0.15) is 17.4 Å². The SMILES string of the molecule is COCc1noc(CC2CN(c3nc4c(s3)c(C)nn4C)CCO2)n1. The molecule has 0 aliphatic carbocycles. The second-order valence-corrected chi connectivity index (χ2v) is 7.02. The topological polar surface area (TPSA) is 91.3 Å². The van der Waals surface area contributed by atoms with Crippen LogP contribution in [0.4, 0.5) is 5.13 Å². The molecule has 1 saturated heterocycles. The van der Waals surface area contributed by atoms with Gasteiger partial charge in [-0.1, -0.05) is 16.5 Å². The van der Waals surface area contributed by atoms with E-state index in [4.69, 9.17) is 19.0 Å². The van der Waals surface area contributed by atoms with Crippen LogP contribution in [0, 0.1) is 6.92 Å². The Kier molecular flexibility index (Phi) is 4.40. The Labute approximate surface area is 148 Å². The van der Waals surface area contributed by atoms with E-state index in [0.717, 1.165) is 34.3 Å². The zero-order valence-electron chi connectivity index (χ0n) is 14.4. The van der Waals surface area contributed by atoms with Gasteiger partial charge in [-0.05, 0) is 6.92 Å². The predicted octanol–water partition coefficient (Wildman–Crippen LogP) is 1.32. The first-order chi connectivity index (χ1) is 12.1. The fourth-order valence-electron chi connectivity index (χ4n) is 2.98. The summed E-state index contributed by atoms with van der Waals surface area (Å²) in [5.74, 6) is 1.13. The molecule has 3 aromatic heterocycles. The summed E-state index contributed by atoms with van der Waals surface area (Å²) in [7, 11) is 3.53. The van der Waals surface area contributed by atoms with Crippen molar-refractivity contribution in [1.82, 2.24) is 24.9 Å². The van der Waals surface area contributed by atoms with Crippen LogP contribution in [-0.4, -0.2) is 57.8 Å². The molecule has 3 aromatic rings. The summed E-state index contributed by atoms with van der Waals surface area (Å²) in [6, 6.07) is 0. The first-order valence-electron chi connectivity index (χ1n) is 8.11. The van der Waals surface area contributed by atoms with Gasteiger partial charge in [0.2, 0.25) is 5.89 Å². The lowest BCUT2D eigenvalue weighted by Gasteiger charge is -2.32. The third-order valence-corrected chi connectivity index (χ3v) is 5.34. The predicted molar refractivity (Wildman–Crippen MR) is 91.8 cm³/mol. The van der Waals surface area contributed by atoms with Crippen LogP contribution in [0.15, 0.2) is 4.52 Å². The van der Waals surface area contributed by atoms with Crippen LogP contribution in [0.25, 0.3) is 10.3 Å². The molecule has 0 spiro atoms. The Balaban J connectivity index is 1.46. The second-order valence-electron chi connectivity index (χ2n) is 6.04. The van der Waals surface area contributed by atoms with Crippen LogP contribution in [0.3, 0.4) is 0 Å². The van der Waals surface area contributed by atoms with Gasteiger partial charge in [0.05, 0.1) is 29.5 Å². The third-order valence-electron chi connectivity index (χ3n) is 4.13. The number of ether oxygens (including phenoxy) is 2. The summed E-state index contributed by atoms with van der Waals surface area (Å²) >= 11 is 1.68. The van der Waals surface area contributed by atoms with E-state index in [1.807, 2.05) is 18.7 Å². The van der Waals surface area contributed by atoms with Crippen molar-refractivity contribution in [2.45, 2.75) is 26.1 Å². The number of aryl methyl sites for hydroxylation is 2. The van der Waals surface area contributed by atoms with E-state index < -0.39 is 0 Å². The number of fused-ring (bicyclic) bond motifs is 1. The number of anilines is 1. The maximum atomic E-state index is 5.86. The molecular weight excluding hydrogens is 344 g/mol. The number of morpholine rings is 1. The summed E-state index contributed by atoms with van der Waals surface area (Å²) in [5.41, 5.74) is 1.95. The average molecular weight is 364 g/mol. The maximum absolute atomic E-state index is 5.86. The molecule has 0 N–H and O–H groups in total. The minimum absolute atomic E-state index is 0.00386. The highest BCUT2D eigenvalue weighted by Crippen LogP contribution is 2.31. The van der Waals surface area contributed by atoms with Crippen LogP contribution >= 0.6 is 11.3 Å². The van der Waals surface area contributed by atoms with Crippen molar-refractivity contribution < 1.29 is 14.0 Å². The molecule has 0 radical (unpaired) electrons. The van der Waals surface area contributed by atoms with Gasteiger partial charge in [-0.3, -0.25) is 0 Å². The second kappa shape index (κ2) is 6.70. The van der Waals surface area contributed by atoms with E-state index in [1.165, 1.54) is 0 Å². The average Bonchev–Trinajstić information content (AvgIpc) is 3.27. The van der Waals surface area contributed by atoms with Crippen LogP contribution < -0.4 is 4.90 Å². The number of aromatic nitrogens is 5. The lowest BCUT2D eigenvalue weighted by atomic mass is 10.2. The third kappa shape index (κ3) is 3.24. The van der Waals surface area contributed by atoms with E-state index in [2.05, 4.69) is 20.1 Å². The summed E-state index contributed by atoms with van der Waals surface area (Å²) in [6.45, 7) is 4.58. The van der Waals surface area contributed by atoms with Crippen molar-refractivity contribution in [3.63, 3.8) is 0 Å². The minimum Gasteiger partial charge on any atom is -0.377 e. The molecule has 1 unspecified atom stereocenters. The van der Waals surface area contributed by atoms with Crippen LogP contribution in [0.5, 0.6) is 0 Å². The molecular formula is C15H20N6O3S. The van der Waals surface area contributed by atoms with Gasteiger partial charge < -0.3 is 18.9 Å². The van der Waals surface area contributed by atoms with Crippen molar-refractivity contribution in [2.75, 3.05) is 31.7 Å². The smallest absolute Gasteiger partial charge is 0.229 e. The zero-order valence-corrected chi connectivity index (χ0v) is 15.2. The number of nitrogens with zero attached hydrogens (tertiary/aromatic N) is 6. The molecule has 0 bridgehead atoms. The Hall–Kier alpha value is -2.04. The number of thiazole rings is 1. The quantitative estimate of drug-likeness (QED) is 0.669. The van der Waals surface area contributed by atoms with Gasteiger partial charge in [-0.2, -0.15) is 10.1 Å². The van der Waals surface area contributed by atoms with Gasteiger partial charge in [0.15, 0.2) is 16.6 Å². The molecule has 0 saturated carbocycles. The van der Waals surface area contributed by atoms with Crippen molar-refractivity contribution in [1.29, 1.82) is 0 Å². The number of methoxy groups -OCH3 is 1. The Bertz CT molecular complexity index is 837. The van der Waals surface area contributed by atoms with Gasteiger partial charge in [-0.15, -0.1) is 0 Å². The van der Waals surface area contributed by atoms with Crippen molar-refractivity contribution in [2.24, 2.45) is 7.05 Å². The normalized spacial score (nSPS) is 18.4. The highest BCUT2D eigenvalue weighted by molar-refractivity contribution is 7.22. The van der Waals surface area contributed by atoms with Gasteiger partial charge >= 0.3 is 0 Å². The van der Waals surface area contributed by atoms with Crippen LogP contribution in [-0.2, 0) is 29.5 Å². The monoisotopic (exact) mass is 364 g/mol. The van der Waals surface area contributed by atoms with Gasteiger partial charge in [0, 0.05) is 27.2 Å². The van der Waals surface area contributed by atoms with E-state index >= 15 is 0 Å². The first kappa shape index (κ1) is 16.4. The molecule has 1 aliphatic heterocycles. The minimum atomic E-state index is -0.00386. The molecule has 25 heavy (non-hydrogen) atoms. The molecule has 1 atom stereocenters. The Morgan fingerprint density at radius 3 is 3.04 bits per heavy atom. The molecule has 9 nitrogen and oxygen atoms in total. The van der Waals surface area contributed by atoms with E-state index in [9.17, 15) is 0 Å². The highest BCUT2D eigenvalue weighted by Gasteiger charge is 2.26. The molecule has 0 aromatic carbocycles.